The molecule has 3 nitrogen and oxygen atoms in total. The summed E-state index contributed by atoms with van der Waals surface area (Å²) in [5, 5.41) is 7.46. The number of benzene rings is 2. The van der Waals surface area contributed by atoms with Crippen molar-refractivity contribution in [3.05, 3.63) is 52.5 Å². The molecule has 0 aliphatic rings. The molecule has 0 aliphatic carbocycles. The van der Waals surface area contributed by atoms with Crippen LogP contribution in [-0.2, 0) is 0 Å². The molecule has 2 N–H and O–H groups in total. The first-order valence-corrected chi connectivity index (χ1v) is 6.96. The highest BCUT2D eigenvalue weighted by Crippen LogP contribution is 2.31. The minimum Gasteiger partial charge on any atom is -0.456 e. The maximum Gasteiger partial charge on any atom is 0.170 e. The molecule has 2 rings (SSSR count). The highest BCUT2D eigenvalue weighted by atomic mass is 35.5. The molecule has 2 aromatic carbocycles. The number of hydrogen-bond donors (Lipinski definition) is 2. The number of halogens is 2. The highest BCUT2D eigenvalue weighted by Gasteiger charge is 2.04. The van der Waals surface area contributed by atoms with Crippen molar-refractivity contribution in [2.24, 2.45) is 0 Å². The van der Waals surface area contributed by atoms with E-state index in [-0.39, 0.29) is 0 Å². The van der Waals surface area contributed by atoms with Gasteiger partial charge in [-0.15, -0.1) is 0 Å². The molecule has 0 heterocycles. The summed E-state index contributed by atoms with van der Waals surface area (Å²) in [7, 11) is 1.76. The van der Waals surface area contributed by atoms with Crippen molar-refractivity contribution >= 4 is 46.2 Å². The van der Waals surface area contributed by atoms with Crippen LogP contribution in [0.1, 0.15) is 0 Å². The number of thiocarbonyl (C=S) groups is 1. The lowest BCUT2D eigenvalue weighted by molar-refractivity contribution is 0.483. The molecule has 0 bridgehead atoms. The molecule has 6 heteroatoms. The number of ether oxygens (including phenoxy) is 1. The number of hydrogen-bond acceptors (Lipinski definition) is 2. The summed E-state index contributed by atoms with van der Waals surface area (Å²) < 4.78 is 5.68. The summed E-state index contributed by atoms with van der Waals surface area (Å²) in [5.41, 5.74) is 0.874. The lowest BCUT2D eigenvalue weighted by atomic mass is 10.3. The Hall–Kier alpha value is -1.49. The largest absolute Gasteiger partial charge is 0.456 e. The van der Waals surface area contributed by atoms with Crippen molar-refractivity contribution in [1.29, 1.82) is 0 Å². The summed E-state index contributed by atoms with van der Waals surface area (Å²) in [5.74, 6) is 1.23. The Balaban J connectivity index is 2.08. The predicted octanol–water partition coefficient (Wildman–Crippen LogP) is 4.70. The summed E-state index contributed by atoms with van der Waals surface area (Å²) in [6.45, 7) is 0. The summed E-state index contributed by atoms with van der Waals surface area (Å²) in [4.78, 5) is 0. The summed E-state index contributed by atoms with van der Waals surface area (Å²) in [6, 6.07) is 12.5. The van der Waals surface area contributed by atoms with Gasteiger partial charge in [0.2, 0.25) is 0 Å². The van der Waals surface area contributed by atoms with Crippen LogP contribution < -0.4 is 15.4 Å². The number of nitrogens with one attached hydrogen (secondary N) is 2. The molecule has 0 radical (unpaired) electrons. The maximum absolute atomic E-state index is 6.05. The van der Waals surface area contributed by atoms with E-state index < -0.39 is 0 Å². The fraction of sp³-hybridized carbons (Fsp3) is 0.0714. The molecule has 2 aromatic rings. The minimum atomic E-state index is 0.469. The molecule has 0 fully saturated rings. The van der Waals surface area contributed by atoms with E-state index in [2.05, 4.69) is 10.6 Å². The highest BCUT2D eigenvalue weighted by molar-refractivity contribution is 7.80. The Morgan fingerprint density at radius 2 is 1.80 bits per heavy atom. The van der Waals surface area contributed by atoms with Crippen molar-refractivity contribution in [2.45, 2.75) is 0 Å². The fourth-order valence-electron chi connectivity index (χ4n) is 1.48. The van der Waals surface area contributed by atoms with Gasteiger partial charge in [0.1, 0.15) is 11.5 Å². The molecule has 0 aliphatic heterocycles. The molecule has 0 aromatic heterocycles. The summed E-state index contributed by atoms with van der Waals surface area (Å²) >= 11 is 16.9. The molecule has 0 spiro atoms. The molecule has 104 valence electrons. The van der Waals surface area contributed by atoms with Gasteiger partial charge in [-0.25, -0.2) is 0 Å². The van der Waals surface area contributed by atoms with Crippen molar-refractivity contribution in [1.82, 2.24) is 5.32 Å². The van der Waals surface area contributed by atoms with Crippen LogP contribution in [0.4, 0.5) is 5.69 Å². The van der Waals surface area contributed by atoms with Gasteiger partial charge in [-0.3, -0.25) is 0 Å². The third-order valence-corrected chi connectivity index (χ3v) is 3.30. The van der Waals surface area contributed by atoms with Gasteiger partial charge in [0, 0.05) is 17.8 Å². The van der Waals surface area contributed by atoms with E-state index in [4.69, 9.17) is 40.2 Å². The Morgan fingerprint density at radius 1 is 1.10 bits per heavy atom. The molecule has 0 atom stereocenters. The first-order valence-electron chi connectivity index (χ1n) is 5.80. The van der Waals surface area contributed by atoms with Gasteiger partial charge in [0.25, 0.3) is 0 Å². The monoisotopic (exact) mass is 326 g/mol. The molecule has 20 heavy (non-hydrogen) atoms. The average molecular weight is 327 g/mol. The Labute approximate surface area is 132 Å². The second-order valence-corrected chi connectivity index (χ2v) is 5.16. The molecule has 0 saturated heterocycles. The van der Waals surface area contributed by atoms with E-state index >= 15 is 0 Å². The summed E-state index contributed by atoms with van der Waals surface area (Å²) in [6.07, 6.45) is 0. The van der Waals surface area contributed by atoms with E-state index in [0.717, 1.165) is 5.69 Å². The van der Waals surface area contributed by atoms with Crippen LogP contribution in [0.3, 0.4) is 0 Å². The van der Waals surface area contributed by atoms with Crippen LogP contribution in [0, 0.1) is 0 Å². The minimum absolute atomic E-state index is 0.469. The Kier molecular flexibility index (Phi) is 5.06. The van der Waals surface area contributed by atoms with Gasteiger partial charge in [-0.1, -0.05) is 23.2 Å². The molecular formula is C14H12Cl2N2OS. The van der Waals surface area contributed by atoms with E-state index in [0.29, 0.717) is 26.7 Å². The maximum atomic E-state index is 6.05. The van der Waals surface area contributed by atoms with Crippen molar-refractivity contribution in [3.8, 4) is 11.5 Å². The van der Waals surface area contributed by atoms with Crippen LogP contribution >= 0.6 is 35.4 Å². The van der Waals surface area contributed by atoms with E-state index in [1.807, 2.05) is 24.3 Å². The SMILES string of the molecule is CNC(=S)Nc1ccc(Oc2ccc(Cl)cc2Cl)cc1. The van der Waals surface area contributed by atoms with E-state index in [1.165, 1.54) is 0 Å². The lowest BCUT2D eigenvalue weighted by Crippen LogP contribution is -2.23. The Bertz CT molecular complexity index is 617. The molecule has 0 amide bonds. The van der Waals surface area contributed by atoms with Gasteiger partial charge in [0.05, 0.1) is 5.02 Å². The van der Waals surface area contributed by atoms with Gasteiger partial charge in [-0.2, -0.15) is 0 Å². The molecular weight excluding hydrogens is 315 g/mol. The third-order valence-electron chi connectivity index (χ3n) is 2.46. The van der Waals surface area contributed by atoms with Crippen LogP contribution in [0.25, 0.3) is 0 Å². The zero-order valence-corrected chi connectivity index (χ0v) is 12.9. The predicted molar refractivity (Wildman–Crippen MR) is 88.3 cm³/mol. The van der Waals surface area contributed by atoms with Crippen molar-refractivity contribution < 1.29 is 4.74 Å². The van der Waals surface area contributed by atoms with Gasteiger partial charge in [0.15, 0.2) is 5.11 Å². The quantitative estimate of drug-likeness (QED) is 0.801. The third kappa shape index (κ3) is 4.00. The van der Waals surface area contributed by atoms with E-state index in [9.17, 15) is 0 Å². The van der Waals surface area contributed by atoms with Crippen LogP contribution in [0.5, 0.6) is 11.5 Å². The lowest BCUT2D eigenvalue weighted by Gasteiger charge is -2.10. The van der Waals surface area contributed by atoms with Crippen LogP contribution in [0.15, 0.2) is 42.5 Å². The van der Waals surface area contributed by atoms with Crippen LogP contribution in [0.2, 0.25) is 10.0 Å². The number of anilines is 1. The smallest absolute Gasteiger partial charge is 0.170 e. The first kappa shape index (κ1) is 14.9. The second kappa shape index (κ2) is 6.79. The number of rotatable bonds is 3. The normalized spacial score (nSPS) is 9.95. The molecule has 0 saturated carbocycles. The van der Waals surface area contributed by atoms with Crippen molar-refractivity contribution in [3.63, 3.8) is 0 Å². The first-order chi connectivity index (χ1) is 9.58. The fourth-order valence-corrected chi connectivity index (χ4v) is 2.05. The van der Waals surface area contributed by atoms with Gasteiger partial charge in [-0.05, 0) is 54.7 Å². The van der Waals surface area contributed by atoms with Gasteiger partial charge < -0.3 is 15.4 Å². The van der Waals surface area contributed by atoms with Crippen LogP contribution in [-0.4, -0.2) is 12.2 Å². The topological polar surface area (TPSA) is 33.3 Å². The standard InChI is InChI=1S/C14H12Cl2N2OS/c1-17-14(20)18-10-3-5-11(6-4-10)19-13-7-2-9(15)8-12(13)16/h2-8H,1H3,(H2,17,18,20). The second-order valence-electron chi connectivity index (χ2n) is 3.91. The van der Waals surface area contributed by atoms with Gasteiger partial charge >= 0.3 is 0 Å². The Morgan fingerprint density at radius 3 is 2.40 bits per heavy atom. The zero-order chi connectivity index (χ0) is 14.5. The van der Waals surface area contributed by atoms with E-state index in [1.54, 1.807) is 25.2 Å². The zero-order valence-electron chi connectivity index (χ0n) is 10.6. The molecule has 0 unspecified atom stereocenters. The average Bonchev–Trinajstić information content (AvgIpc) is 2.44. The van der Waals surface area contributed by atoms with Crippen molar-refractivity contribution in [2.75, 3.05) is 12.4 Å².